The lowest BCUT2D eigenvalue weighted by atomic mass is 10.0. The van der Waals surface area contributed by atoms with Crippen molar-refractivity contribution in [2.75, 3.05) is 19.6 Å². The Bertz CT molecular complexity index is 1760. The highest BCUT2D eigenvalue weighted by Crippen LogP contribution is 2.27. The fourth-order valence-corrected chi connectivity index (χ4v) is 6.13. The third kappa shape index (κ3) is 7.77. The SMILES string of the molecule is Cc1oc2nc1C(=O)N[C@@H](C(C)C)c1nc(cs1)C(=O)NCCN(C(=O)c1c[nH]c(=O)[nH]1)CCCC(=O)N[C@H]2Cc1ccccc1. The molecule has 0 aliphatic carbocycles. The summed E-state index contributed by atoms with van der Waals surface area (Å²) < 4.78 is 5.97. The minimum Gasteiger partial charge on any atom is -0.443 e. The number of nitrogens with one attached hydrogen (secondary N) is 5. The summed E-state index contributed by atoms with van der Waals surface area (Å²) in [6, 6.07) is 8.36. The van der Waals surface area contributed by atoms with Crippen LogP contribution in [0.3, 0.4) is 0 Å². The molecule has 4 aromatic rings. The first kappa shape index (κ1) is 32.3. The summed E-state index contributed by atoms with van der Waals surface area (Å²) in [5.74, 6) is -1.23. The molecule has 15 heteroatoms. The number of aromatic nitrogens is 4. The van der Waals surface area contributed by atoms with E-state index >= 15 is 0 Å². The minimum absolute atomic E-state index is 0.0653. The number of H-pyrrole nitrogens is 2. The molecule has 0 saturated heterocycles. The molecular formula is C31H36N8O6S. The van der Waals surface area contributed by atoms with Gasteiger partial charge in [-0.25, -0.2) is 14.8 Å². The predicted octanol–water partition coefficient (Wildman–Crippen LogP) is 2.65. The number of amides is 4. The smallest absolute Gasteiger partial charge is 0.323 e. The van der Waals surface area contributed by atoms with Crippen LogP contribution in [-0.2, 0) is 11.2 Å². The highest BCUT2D eigenvalue weighted by molar-refractivity contribution is 7.09. The van der Waals surface area contributed by atoms with Crippen LogP contribution in [-0.4, -0.2) is 68.1 Å². The number of oxazole rings is 1. The Morgan fingerprint density at radius 1 is 1.07 bits per heavy atom. The molecule has 1 aliphatic rings. The van der Waals surface area contributed by atoms with E-state index in [1.807, 2.05) is 44.2 Å². The second-order valence-corrected chi connectivity index (χ2v) is 12.2. The summed E-state index contributed by atoms with van der Waals surface area (Å²) in [5, 5.41) is 10.9. The standard InChI is InChI=1S/C31H36N8O6S/c1-17(2)24-29-35-22(16-46-29)26(41)32-11-13-39(30(43)21-15-33-31(44)36-21)12-7-10-23(40)34-20(14-19-8-5-4-6-9-19)28-38-25(18(3)45-28)27(42)37-24/h4-6,8-9,15-17,20,24H,7,10-14H2,1-3H3,(H,32,41)(H,34,40)(H,37,42)(H2,33,36,44)/t20-,24-/m0/s1. The van der Waals surface area contributed by atoms with Gasteiger partial charge in [0.2, 0.25) is 11.8 Å². The zero-order valence-corrected chi connectivity index (χ0v) is 26.5. The average Bonchev–Trinajstić information content (AvgIpc) is 3.78. The number of thiazole rings is 1. The van der Waals surface area contributed by atoms with Crippen LogP contribution in [0.5, 0.6) is 0 Å². The van der Waals surface area contributed by atoms with Crippen LogP contribution in [0.1, 0.15) is 92.5 Å². The lowest BCUT2D eigenvalue weighted by molar-refractivity contribution is -0.122. The first-order valence-electron chi connectivity index (χ1n) is 15.0. The Balaban J connectivity index is 1.45. The maximum absolute atomic E-state index is 13.5. The molecule has 3 aromatic heterocycles. The van der Waals surface area contributed by atoms with E-state index < -0.39 is 35.5 Å². The molecule has 5 N–H and O–H groups in total. The molecule has 14 nitrogen and oxygen atoms in total. The van der Waals surface area contributed by atoms with Crippen molar-refractivity contribution in [1.29, 1.82) is 0 Å². The zero-order valence-electron chi connectivity index (χ0n) is 25.7. The quantitative estimate of drug-likeness (QED) is 0.223. The number of carbonyl (C=O) groups is 4. The van der Waals surface area contributed by atoms with E-state index in [9.17, 15) is 24.0 Å². The maximum atomic E-state index is 13.5. The van der Waals surface area contributed by atoms with Crippen molar-refractivity contribution in [2.24, 2.45) is 5.92 Å². The van der Waals surface area contributed by atoms with Gasteiger partial charge < -0.3 is 35.2 Å². The normalized spacial score (nSPS) is 18.5. The van der Waals surface area contributed by atoms with Gasteiger partial charge in [0, 0.05) is 44.1 Å². The first-order chi connectivity index (χ1) is 22.1. The number of nitrogens with zero attached hydrogens (tertiary/aromatic N) is 3. The number of aryl methyl sites for hydroxylation is 1. The predicted molar refractivity (Wildman–Crippen MR) is 168 cm³/mol. The van der Waals surface area contributed by atoms with Gasteiger partial charge in [-0.05, 0) is 24.8 Å². The minimum atomic E-state index is -0.666. The van der Waals surface area contributed by atoms with E-state index in [-0.39, 0.29) is 60.9 Å². The Hall–Kier alpha value is -5.05. The molecule has 1 aliphatic heterocycles. The van der Waals surface area contributed by atoms with Gasteiger partial charge in [0.1, 0.15) is 28.2 Å². The average molecular weight is 649 g/mol. The summed E-state index contributed by atoms with van der Waals surface area (Å²) in [7, 11) is 0. The molecule has 0 unspecified atom stereocenters. The highest BCUT2D eigenvalue weighted by Gasteiger charge is 2.29. The van der Waals surface area contributed by atoms with E-state index in [0.29, 0.717) is 23.6 Å². The Kier molecular flexibility index (Phi) is 10.1. The summed E-state index contributed by atoms with van der Waals surface area (Å²) in [6.45, 7) is 5.91. The van der Waals surface area contributed by atoms with Crippen molar-refractivity contribution >= 4 is 35.0 Å². The maximum Gasteiger partial charge on any atom is 0.323 e. The Morgan fingerprint density at radius 3 is 2.57 bits per heavy atom. The second kappa shape index (κ2) is 14.4. The van der Waals surface area contributed by atoms with Crippen molar-refractivity contribution in [3.63, 3.8) is 0 Å². The van der Waals surface area contributed by atoms with Gasteiger partial charge in [-0.2, -0.15) is 0 Å². The van der Waals surface area contributed by atoms with Crippen LogP contribution in [0, 0.1) is 12.8 Å². The molecule has 5 rings (SSSR count). The summed E-state index contributed by atoms with van der Waals surface area (Å²) in [5.41, 5.74) is 0.757. The fraction of sp³-hybridized carbons (Fsp3) is 0.387. The molecule has 2 atom stereocenters. The number of aromatic amines is 2. The summed E-state index contributed by atoms with van der Waals surface area (Å²) in [6.07, 6.45) is 2.02. The zero-order chi connectivity index (χ0) is 32.8. The van der Waals surface area contributed by atoms with Crippen molar-refractivity contribution in [3.8, 4) is 0 Å². The van der Waals surface area contributed by atoms with Crippen molar-refractivity contribution in [3.05, 3.63) is 91.7 Å². The van der Waals surface area contributed by atoms with Gasteiger partial charge >= 0.3 is 5.69 Å². The monoisotopic (exact) mass is 648 g/mol. The molecule has 1 aromatic carbocycles. The topological polar surface area (TPSA) is 195 Å². The second-order valence-electron chi connectivity index (χ2n) is 11.3. The largest absolute Gasteiger partial charge is 0.443 e. The van der Waals surface area contributed by atoms with Gasteiger partial charge in [0.25, 0.3) is 17.7 Å². The molecule has 4 bridgehead atoms. The third-order valence-electron chi connectivity index (χ3n) is 7.53. The van der Waals surface area contributed by atoms with Crippen LogP contribution in [0.15, 0.2) is 51.1 Å². The molecule has 0 radical (unpaired) electrons. The van der Waals surface area contributed by atoms with Crippen LogP contribution in [0.2, 0.25) is 0 Å². The van der Waals surface area contributed by atoms with Gasteiger partial charge in [0.05, 0.1) is 6.04 Å². The molecule has 46 heavy (non-hydrogen) atoms. The van der Waals surface area contributed by atoms with E-state index in [4.69, 9.17) is 4.42 Å². The van der Waals surface area contributed by atoms with Gasteiger partial charge in [-0.1, -0.05) is 44.2 Å². The van der Waals surface area contributed by atoms with Crippen molar-refractivity contribution in [1.82, 2.24) is 40.8 Å². The molecule has 0 saturated carbocycles. The van der Waals surface area contributed by atoms with Crippen LogP contribution in [0.25, 0.3) is 0 Å². The first-order valence-corrected chi connectivity index (χ1v) is 15.9. The lowest BCUT2D eigenvalue weighted by Crippen LogP contribution is -2.40. The molecule has 4 heterocycles. The summed E-state index contributed by atoms with van der Waals surface area (Å²) in [4.78, 5) is 79.9. The number of fused-ring (bicyclic) bond motifs is 4. The molecule has 0 spiro atoms. The Morgan fingerprint density at radius 2 is 1.85 bits per heavy atom. The number of benzene rings is 1. The highest BCUT2D eigenvalue weighted by atomic mass is 32.1. The number of imidazole rings is 1. The molecule has 4 amide bonds. The number of hydrogen-bond acceptors (Lipinski definition) is 9. The number of hydrogen-bond donors (Lipinski definition) is 5. The van der Waals surface area contributed by atoms with E-state index in [1.54, 1.807) is 12.3 Å². The van der Waals surface area contributed by atoms with E-state index in [0.717, 1.165) is 5.56 Å². The van der Waals surface area contributed by atoms with Gasteiger partial charge in [-0.3, -0.25) is 19.2 Å². The van der Waals surface area contributed by atoms with E-state index in [1.165, 1.54) is 22.4 Å². The molecule has 0 fully saturated rings. The van der Waals surface area contributed by atoms with Gasteiger partial charge in [-0.15, -0.1) is 11.3 Å². The molecular weight excluding hydrogens is 612 g/mol. The van der Waals surface area contributed by atoms with Gasteiger partial charge in [0.15, 0.2) is 5.69 Å². The lowest BCUT2D eigenvalue weighted by Gasteiger charge is -2.22. The number of rotatable bonds is 4. The fourth-order valence-electron chi connectivity index (χ4n) is 5.11. The third-order valence-corrected chi connectivity index (χ3v) is 8.46. The van der Waals surface area contributed by atoms with E-state index in [2.05, 4.69) is 35.9 Å². The molecule has 242 valence electrons. The van der Waals surface area contributed by atoms with Crippen molar-refractivity contribution in [2.45, 2.75) is 52.1 Å². The van der Waals surface area contributed by atoms with Crippen LogP contribution in [0.4, 0.5) is 0 Å². The van der Waals surface area contributed by atoms with Crippen LogP contribution >= 0.6 is 11.3 Å². The Labute approximate surface area is 268 Å². The van der Waals surface area contributed by atoms with Crippen LogP contribution < -0.4 is 21.6 Å². The van der Waals surface area contributed by atoms with Crippen molar-refractivity contribution < 1.29 is 23.6 Å². The summed E-state index contributed by atoms with van der Waals surface area (Å²) >= 11 is 1.25. The number of carbonyl (C=O) groups excluding carboxylic acids is 4.